The second-order valence-electron chi connectivity index (χ2n) is 4.40. The van der Waals surface area contributed by atoms with Crippen LogP contribution in [0.3, 0.4) is 0 Å². The maximum absolute atomic E-state index is 10.5. The summed E-state index contributed by atoms with van der Waals surface area (Å²) in [6.07, 6.45) is -0.229. The van der Waals surface area contributed by atoms with Crippen molar-refractivity contribution in [2.24, 2.45) is 0 Å². The van der Waals surface area contributed by atoms with Gasteiger partial charge in [0.2, 0.25) is 0 Å². The van der Waals surface area contributed by atoms with Crippen molar-refractivity contribution in [2.45, 2.75) is 0 Å². The smallest absolute Gasteiger partial charge is 0.128 e. The molecule has 0 bridgehead atoms. The summed E-state index contributed by atoms with van der Waals surface area (Å²) in [6, 6.07) is 0. The minimum absolute atomic E-state index is 0.229. The van der Waals surface area contributed by atoms with E-state index in [1.807, 2.05) is 0 Å². The van der Waals surface area contributed by atoms with Gasteiger partial charge in [-0.2, -0.15) is 0 Å². The molecule has 0 atom stereocenters. The second-order valence-corrected chi connectivity index (χ2v) is 5.94. The molecule has 0 aromatic rings. The molecule has 0 unspecified atom stereocenters. The zero-order valence-corrected chi connectivity index (χ0v) is 9.05. The summed E-state index contributed by atoms with van der Waals surface area (Å²) < 4.78 is 11.4. The highest BCUT2D eigenvalue weighted by atomic mass is 31.2. The summed E-state index contributed by atoms with van der Waals surface area (Å²) in [5.74, 6) is 0. The Kier molecular flexibility index (Phi) is 3.15. The van der Waals surface area contributed by atoms with E-state index in [1.165, 1.54) is 0 Å². The summed E-state index contributed by atoms with van der Waals surface area (Å²) in [5.41, 5.74) is 0. The first-order valence-electron chi connectivity index (χ1n) is 4.45. The van der Waals surface area contributed by atoms with Gasteiger partial charge in [0.05, 0.1) is 14.1 Å². The number of piperazine rings is 1. The van der Waals surface area contributed by atoms with Gasteiger partial charge in [0.1, 0.15) is 32.5 Å². The van der Waals surface area contributed by atoms with E-state index in [0.29, 0.717) is 0 Å². The lowest BCUT2D eigenvalue weighted by atomic mass is 10.3. The standard InChI is InChI=1S/C7H17N2O3P/c1-9(2)5-3-8(4-6-9)7-13(10,11)12/h3-7H2,1-2H3,(H-,10,11,12). The first-order valence-corrected chi connectivity index (χ1v) is 6.18. The molecule has 1 aliphatic rings. The Labute approximate surface area is 78.7 Å². The Hall–Kier alpha value is 0.0700. The van der Waals surface area contributed by atoms with Gasteiger partial charge in [0.15, 0.2) is 0 Å². The van der Waals surface area contributed by atoms with Crippen molar-refractivity contribution < 1.29 is 23.7 Å². The van der Waals surface area contributed by atoms with Crippen LogP contribution in [0.25, 0.3) is 0 Å². The average molecular weight is 208 g/mol. The Bertz CT molecular complexity index is 216. The molecule has 0 aromatic heterocycles. The zero-order chi connectivity index (χ0) is 10.1. The number of hydrogen-bond donors (Lipinski definition) is 1. The van der Waals surface area contributed by atoms with Gasteiger partial charge in [-0.25, -0.2) is 0 Å². The largest absolute Gasteiger partial charge is 0.807 e. The van der Waals surface area contributed by atoms with Crippen molar-refractivity contribution >= 4 is 7.60 Å². The zero-order valence-electron chi connectivity index (χ0n) is 8.15. The third-order valence-electron chi connectivity index (χ3n) is 2.56. The molecule has 6 heteroatoms. The third kappa shape index (κ3) is 4.20. The number of rotatable bonds is 2. The van der Waals surface area contributed by atoms with Crippen LogP contribution in [0.5, 0.6) is 0 Å². The average Bonchev–Trinajstić information content (AvgIpc) is 1.91. The molecule has 0 radical (unpaired) electrons. The van der Waals surface area contributed by atoms with Crippen LogP contribution >= 0.6 is 7.60 Å². The molecule has 1 rings (SSSR count). The van der Waals surface area contributed by atoms with Gasteiger partial charge in [-0.15, -0.1) is 0 Å². The Balaban J connectivity index is 2.38. The molecule has 13 heavy (non-hydrogen) atoms. The highest BCUT2D eigenvalue weighted by Crippen LogP contribution is 2.17. The number of quaternary nitrogens is 2. The lowest BCUT2D eigenvalue weighted by Crippen LogP contribution is -3.15. The van der Waals surface area contributed by atoms with E-state index in [2.05, 4.69) is 14.1 Å². The molecular weight excluding hydrogens is 191 g/mol. The highest BCUT2D eigenvalue weighted by Gasteiger charge is 2.27. The van der Waals surface area contributed by atoms with E-state index in [9.17, 15) is 14.4 Å². The van der Waals surface area contributed by atoms with Gasteiger partial charge in [-0.3, -0.25) is 0 Å². The number of nitrogens with zero attached hydrogens (tertiary/aromatic N) is 1. The summed E-state index contributed by atoms with van der Waals surface area (Å²) in [4.78, 5) is 21.9. The van der Waals surface area contributed by atoms with Crippen molar-refractivity contribution in [2.75, 3.05) is 46.6 Å². The van der Waals surface area contributed by atoms with Gasteiger partial charge in [-0.05, 0) is 7.60 Å². The maximum Gasteiger partial charge on any atom is 0.128 e. The SMILES string of the molecule is C[N+]1(C)CC[NH+](CP(=O)([O-])[O-])CC1. The molecule has 0 aromatic carbocycles. The van der Waals surface area contributed by atoms with Gasteiger partial charge < -0.3 is 23.7 Å². The van der Waals surface area contributed by atoms with Crippen LogP contribution in [0.2, 0.25) is 0 Å². The van der Waals surface area contributed by atoms with Gasteiger partial charge >= 0.3 is 0 Å². The van der Waals surface area contributed by atoms with E-state index in [-0.39, 0.29) is 6.29 Å². The fourth-order valence-corrected chi connectivity index (χ4v) is 2.45. The maximum atomic E-state index is 10.5. The number of likely N-dealkylation sites (N-methyl/N-ethyl adjacent to an activating group) is 1. The molecular formula is C7H17N2O3P. The van der Waals surface area contributed by atoms with Crippen molar-refractivity contribution in [3.05, 3.63) is 0 Å². The third-order valence-corrected chi connectivity index (χ3v) is 3.39. The fraction of sp³-hybridized carbons (Fsp3) is 1.00. The van der Waals surface area contributed by atoms with E-state index in [0.717, 1.165) is 35.6 Å². The van der Waals surface area contributed by atoms with Gasteiger partial charge in [-0.1, -0.05) is 0 Å². The Morgan fingerprint density at radius 1 is 1.31 bits per heavy atom. The molecule has 1 N–H and O–H groups in total. The van der Waals surface area contributed by atoms with Crippen molar-refractivity contribution in [1.29, 1.82) is 0 Å². The molecule has 0 amide bonds. The molecule has 1 saturated heterocycles. The lowest BCUT2D eigenvalue weighted by molar-refractivity contribution is -1.00. The molecule has 1 heterocycles. The van der Waals surface area contributed by atoms with Crippen molar-refractivity contribution in [1.82, 2.24) is 0 Å². The number of hydrogen-bond acceptors (Lipinski definition) is 3. The van der Waals surface area contributed by atoms with Crippen molar-refractivity contribution in [3.8, 4) is 0 Å². The van der Waals surface area contributed by atoms with Crippen molar-refractivity contribution in [3.63, 3.8) is 0 Å². The monoisotopic (exact) mass is 208 g/mol. The number of nitrogens with one attached hydrogen (secondary N) is 1. The predicted octanol–water partition coefficient (Wildman–Crippen LogP) is -3.17. The topological polar surface area (TPSA) is 67.6 Å². The first-order chi connectivity index (χ1) is 5.79. The predicted molar refractivity (Wildman–Crippen MR) is 45.0 cm³/mol. The van der Waals surface area contributed by atoms with Crippen LogP contribution in [-0.4, -0.2) is 51.0 Å². The summed E-state index contributed by atoms with van der Waals surface area (Å²) in [5, 5.41) is 0. The molecule has 0 aliphatic carbocycles. The molecule has 1 fully saturated rings. The Morgan fingerprint density at radius 3 is 2.15 bits per heavy atom. The quantitative estimate of drug-likeness (QED) is 0.384. The second kappa shape index (κ2) is 3.67. The van der Waals surface area contributed by atoms with Crippen LogP contribution < -0.4 is 14.7 Å². The minimum Gasteiger partial charge on any atom is -0.807 e. The van der Waals surface area contributed by atoms with E-state index < -0.39 is 7.60 Å². The van der Waals surface area contributed by atoms with Gasteiger partial charge in [0, 0.05) is 0 Å². The van der Waals surface area contributed by atoms with E-state index >= 15 is 0 Å². The highest BCUT2D eigenvalue weighted by molar-refractivity contribution is 7.48. The molecule has 0 saturated carbocycles. The minimum atomic E-state index is -4.32. The van der Waals surface area contributed by atoms with Crippen LogP contribution in [0.15, 0.2) is 0 Å². The van der Waals surface area contributed by atoms with Gasteiger partial charge in [0.25, 0.3) is 0 Å². The Morgan fingerprint density at radius 2 is 1.77 bits per heavy atom. The lowest BCUT2D eigenvalue weighted by Gasteiger charge is -2.40. The van der Waals surface area contributed by atoms with Crippen LogP contribution in [0.4, 0.5) is 0 Å². The molecule has 0 spiro atoms. The molecule has 1 aliphatic heterocycles. The summed E-state index contributed by atoms with van der Waals surface area (Å²) >= 11 is 0. The summed E-state index contributed by atoms with van der Waals surface area (Å²) in [7, 11) is -0.0883. The fourth-order valence-electron chi connectivity index (χ4n) is 1.59. The molecule has 5 nitrogen and oxygen atoms in total. The van der Waals surface area contributed by atoms with E-state index in [1.54, 1.807) is 0 Å². The van der Waals surface area contributed by atoms with E-state index in [4.69, 9.17) is 0 Å². The molecule has 78 valence electrons. The summed E-state index contributed by atoms with van der Waals surface area (Å²) in [6.45, 7) is 3.44. The van der Waals surface area contributed by atoms with Crippen LogP contribution in [0, 0.1) is 0 Å². The van der Waals surface area contributed by atoms with Crippen LogP contribution in [0.1, 0.15) is 0 Å². The first kappa shape index (κ1) is 11.1. The van der Waals surface area contributed by atoms with Crippen LogP contribution in [-0.2, 0) is 4.57 Å². The normalized spacial score (nSPS) is 24.6.